The van der Waals surface area contributed by atoms with Crippen molar-refractivity contribution in [3.63, 3.8) is 0 Å². The quantitative estimate of drug-likeness (QED) is 0.867. The van der Waals surface area contributed by atoms with Crippen LogP contribution in [0.4, 0.5) is 0 Å². The van der Waals surface area contributed by atoms with Crippen molar-refractivity contribution in [2.24, 2.45) is 5.73 Å². The molecule has 0 aliphatic carbocycles. The van der Waals surface area contributed by atoms with Gasteiger partial charge in [-0.2, -0.15) is 0 Å². The van der Waals surface area contributed by atoms with E-state index in [9.17, 15) is 4.79 Å². The molecule has 1 aromatic carbocycles. The number of nitrogens with two attached hydrogens (primary N) is 1. The summed E-state index contributed by atoms with van der Waals surface area (Å²) < 4.78 is 5.51. The number of primary amides is 1. The number of benzene rings is 1. The van der Waals surface area contributed by atoms with Crippen LogP contribution in [0.15, 0.2) is 41.0 Å². The van der Waals surface area contributed by atoms with Gasteiger partial charge in [-0.1, -0.05) is 30.3 Å². The minimum absolute atomic E-state index is 0.393. The van der Waals surface area contributed by atoms with E-state index in [4.69, 9.17) is 10.5 Å². The highest BCUT2D eigenvalue weighted by Gasteiger charge is 2.19. The first-order valence-electron chi connectivity index (χ1n) is 5.10. The Labute approximate surface area is 98.7 Å². The zero-order chi connectivity index (χ0) is 11.4. The van der Waals surface area contributed by atoms with Gasteiger partial charge in [0.05, 0.1) is 6.61 Å². The highest BCUT2D eigenvalue weighted by molar-refractivity contribution is 8.04. The highest BCUT2D eigenvalue weighted by Crippen LogP contribution is 2.27. The summed E-state index contributed by atoms with van der Waals surface area (Å²) in [6, 6.07) is 9.91. The first-order valence-corrected chi connectivity index (χ1v) is 6.08. The van der Waals surface area contributed by atoms with Crippen LogP contribution in [0.25, 0.3) is 0 Å². The molecule has 0 spiro atoms. The maximum Gasteiger partial charge on any atom is 0.258 e. The molecule has 3 nitrogen and oxygen atoms in total. The van der Waals surface area contributed by atoms with Gasteiger partial charge in [-0.05, 0) is 5.56 Å². The normalized spacial score (nSPS) is 15.8. The van der Waals surface area contributed by atoms with Crippen molar-refractivity contribution >= 4 is 17.7 Å². The van der Waals surface area contributed by atoms with Crippen molar-refractivity contribution in [3.8, 4) is 0 Å². The fraction of sp³-hybridized carbons (Fsp3) is 0.250. The Morgan fingerprint density at radius 3 is 2.81 bits per heavy atom. The van der Waals surface area contributed by atoms with E-state index in [1.54, 1.807) is 0 Å². The van der Waals surface area contributed by atoms with E-state index in [1.165, 1.54) is 11.8 Å². The fourth-order valence-corrected chi connectivity index (χ4v) is 2.38. The average Bonchev–Trinajstić information content (AvgIpc) is 2.31. The van der Waals surface area contributed by atoms with E-state index in [1.807, 2.05) is 30.3 Å². The second-order valence-corrected chi connectivity index (χ2v) is 4.58. The summed E-state index contributed by atoms with van der Waals surface area (Å²) in [5.41, 5.74) is 6.44. The third kappa shape index (κ3) is 2.58. The van der Waals surface area contributed by atoms with Crippen LogP contribution in [0.1, 0.15) is 5.56 Å². The van der Waals surface area contributed by atoms with Gasteiger partial charge in [0, 0.05) is 12.2 Å². The lowest BCUT2D eigenvalue weighted by atomic mass is 10.1. The van der Waals surface area contributed by atoms with Gasteiger partial charge >= 0.3 is 0 Å². The molecule has 0 unspecified atom stereocenters. The van der Waals surface area contributed by atoms with Crippen molar-refractivity contribution < 1.29 is 9.53 Å². The summed E-state index contributed by atoms with van der Waals surface area (Å²) in [5.74, 6) is 1.10. The predicted molar refractivity (Wildman–Crippen MR) is 64.8 cm³/mol. The van der Waals surface area contributed by atoms with Crippen molar-refractivity contribution in [1.29, 1.82) is 0 Å². The molecule has 0 radical (unpaired) electrons. The van der Waals surface area contributed by atoms with Gasteiger partial charge in [0.2, 0.25) is 0 Å². The number of allylic oxidation sites excluding steroid dienone is 1. The molecule has 0 saturated carbocycles. The van der Waals surface area contributed by atoms with Gasteiger partial charge in [-0.15, -0.1) is 11.8 Å². The Morgan fingerprint density at radius 1 is 1.38 bits per heavy atom. The molecule has 4 heteroatoms. The molecule has 0 bridgehead atoms. The minimum Gasteiger partial charge on any atom is -0.495 e. The SMILES string of the molecule is NC(=O)C1=C(Cc2ccccc2)OCCS1. The number of hydrogen-bond donors (Lipinski definition) is 1. The molecule has 84 valence electrons. The van der Waals surface area contributed by atoms with Crippen LogP contribution in [0, 0.1) is 0 Å². The lowest BCUT2D eigenvalue weighted by Gasteiger charge is -2.19. The number of amides is 1. The molecule has 0 aromatic heterocycles. The molecule has 0 fully saturated rings. The predicted octanol–water partition coefficient (Wildman–Crippen LogP) is 1.69. The number of rotatable bonds is 3. The van der Waals surface area contributed by atoms with E-state index in [-0.39, 0.29) is 0 Å². The van der Waals surface area contributed by atoms with Crippen LogP contribution in [-0.4, -0.2) is 18.3 Å². The number of carbonyl (C=O) groups excluding carboxylic acids is 1. The third-order valence-corrected chi connectivity index (χ3v) is 3.38. The van der Waals surface area contributed by atoms with E-state index < -0.39 is 5.91 Å². The van der Waals surface area contributed by atoms with E-state index >= 15 is 0 Å². The second-order valence-electron chi connectivity index (χ2n) is 3.48. The lowest BCUT2D eigenvalue weighted by Crippen LogP contribution is -2.20. The Balaban J connectivity index is 2.21. The minimum atomic E-state index is -0.393. The average molecular weight is 235 g/mol. The monoisotopic (exact) mass is 235 g/mol. The van der Waals surface area contributed by atoms with Crippen molar-refractivity contribution in [1.82, 2.24) is 0 Å². The van der Waals surface area contributed by atoms with E-state index in [2.05, 4.69) is 0 Å². The molecular formula is C12H13NO2S. The molecule has 2 N–H and O–H groups in total. The number of hydrogen-bond acceptors (Lipinski definition) is 3. The smallest absolute Gasteiger partial charge is 0.258 e. The first kappa shape index (κ1) is 11.1. The molecule has 0 saturated heterocycles. The maximum atomic E-state index is 11.2. The van der Waals surface area contributed by atoms with Crippen LogP contribution in [0.3, 0.4) is 0 Å². The van der Waals surface area contributed by atoms with Gasteiger partial charge in [0.15, 0.2) is 0 Å². The maximum absolute atomic E-state index is 11.2. The summed E-state index contributed by atoms with van der Waals surface area (Å²) in [5, 5.41) is 0. The Hall–Kier alpha value is -1.42. The fourth-order valence-electron chi connectivity index (χ4n) is 1.58. The number of thioether (sulfide) groups is 1. The molecule has 1 amide bonds. The van der Waals surface area contributed by atoms with Crippen LogP contribution >= 0.6 is 11.8 Å². The van der Waals surface area contributed by atoms with Gasteiger partial charge in [0.25, 0.3) is 5.91 Å². The van der Waals surface area contributed by atoms with Crippen LogP contribution < -0.4 is 5.73 Å². The Kier molecular flexibility index (Phi) is 3.51. The topological polar surface area (TPSA) is 52.3 Å². The van der Waals surface area contributed by atoms with Gasteiger partial charge in [-0.3, -0.25) is 4.79 Å². The molecule has 1 aliphatic rings. The van der Waals surface area contributed by atoms with Crippen molar-refractivity contribution in [2.75, 3.05) is 12.4 Å². The molecule has 0 atom stereocenters. The van der Waals surface area contributed by atoms with Crippen molar-refractivity contribution in [3.05, 3.63) is 46.6 Å². The van der Waals surface area contributed by atoms with Crippen molar-refractivity contribution in [2.45, 2.75) is 6.42 Å². The van der Waals surface area contributed by atoms with Gasteiger partial charge in [0.1, 0.15) is 10.7 Å². The number of ether oxygens (including phenoxy) is 1. The van der Waals surface area contributed by atoms with Crippen LogP contribution in [-0.2, 0) is 16.0 Å². The lowest BCUT2D eigenvalue weighted by molar-refractivity contribution is -0.114. The Bertz CT molecular complexity index is 414. The molecule has 16 heavy (non-hydrogen) atoms. The number of carbonyl (C=O) groups is 1. The zero-order valence-electron chi connectivity index (χ0n) is 8.81. The van der Waals surface area contributed by atoms with Gasteiger partial charge in [-0.25, -0.2) is 0 Å². The Morgan fingerprint density at radius 2 is 2.12 bits per heavy atom. The van der Waals surface area contributed by atoms with E-state index in [0.29, 0.717) is 23.7 Å². The van der Waals surface area contributed by atoms with Crippen LogP contribution in [0.2, 0.25) is 0 Å². The summed E-state index contributed by atoms with van der Waals surface area (Å²) in [6.07, 6.45) is 0.631. The summed E-state index contributed by atoms with van der Waals surface area (Å²) in [6.45, 7) is 0.642. The molecule has 1 aromatic rings. The summed E-state index contributed by atoms with van der Waals surface area (Å²) >= 11 is 1.48. The third-order valence-electron chi connectivity index (χ3n) is 2.29. The first-order chi connectivity index (χ1) is 7.77. The zero-order valence-corrected chi connectivity index (χ0v) is 9.63. The highest BCUT2D eigenvalue weighted by atomic mass is 32.2. The molecule has 1 aliphatic heterocycles. The molecular weight excluding hydrogens is 222 g/mol. The summed E-state index contributed by atoms with van der Waals surface area (Å²) in [7, 11) is 0. The van der Waals surface area contributed by atoms with E-state index in [0.717, 1.165) is 11.3 Å². The second kappa shape index (κ2) is 5.07. The molecule has 1 heterocycles. The molecule has 2 rings (SSSR count). The largest absolute Gasteiger partial charge is 0.495 e. The standard InChI is InChI=1S/C12H13NO2S/c13-12(14)11-10(15-6-7-16-11)8-9-4-2-1-3-5-9/h1-5H,6-8H2,(H2,13,14). The van der Waals surface area contributed by atoms with Gasteiger partial charge < -0.3 is 10.5 Å². The summed E-state index contributed by atoms with van der Waals surface area (Å²) in [4.78, 5) is 11.8. The van der Waals surface area contributed by atoms with Crippen LogP contribution in [0.5, 0.6) is 0 Å².